The molecule has 0 saturated heterocycles. The highest BCUT2D eigenvalue weighted by Gasteiger charge is 2.64. The Morgan fingerprint density at radius 3 is 1.24 bits per heavy atom. The number of carbonyl (C=O) groups is 3. The minimum Gasteiger partial charge on any atom is -0.748 e. The Morgan fingerprint density at radius 1 is 0.575 bits per heavy atom. The summed E-state index contributed by atoms with van der Waals surface area (Å²) >= 11 is 0. The fourth-order valence-corrected chi connectivity index (χ4v) is 18.5. The molecule has 0 heterocycles. The first kappa shape index (κ1) is 60.4. The van der Waals surface area contributed by atoms with Crippen LogP contribution in [0.3, 0.4) is 0 Å². The molecule has 80 heavy (non-hydrogen) atoms. The number of aryl methyl sites for hydroxylation is 2. The Labute approximate surface area is 475 Å². The standard InChI is InChI=1S/2C19H17S.C15H20F2O7S.C10H16O4S/c2*1-16-12-14-19(15-13-16)20(17-8-4-2-5-9-17)18-10-6-3-7-11-18;16-15(17,25(20,21)22)13(19)24-2-1-23-12(18)14-6-9-3-10(7-14)5-11(4-9)8-14;1-9(2)7-3-4-10(9,8(11)5-7)6-15(12,13)14/h2*2-15H,1H3;9-11H,1-8H2,(H,20,21,22);7H,3-6H2,1-2H3,(H,12,13,14)/q2*+1;;/p-2. The lowest BCUT2D eigenvalue weighted by Gasteiger charge is -2.55. The molecule has 424 valence electrons. The third-order valence-electron chi connectivity index (χ3n) is 16.6. The molecule has 6 bridgehead atoms. The maximum absolute atomic E-state index is 12.9. The molecule has 6 fully saturated rings. The third-order valence-corrected chi connectivity index (χ3v) is 22.7. The van der Waals surface area contributed by atoms with Crippen molar-refractivity contribution < 1.29 is 58.6 Å². The van der Waals surface area contributed by atoms with Gasteiger partial charge in [-0.1, -0.05) is 122 Å². The lowest BCUT2D eigenvalue weighted by atomic mass is 9.49. The maximum atomic E-state index is 12.9. The number of ether oxygens (including phenoxy) is 2. The molecule has 0 radical (unpaired) electrons. The molecule has 2 atom stereocenters. The van der Waals surface area contributed by atoms with Crippen molar-refractivity contribution in [2.45, 2.75) is 120 Å². The molecular formula is C63H68F2O11S4. The van der Waals surface area contributed by atoms with Gasteiger partial charge in [0.1, 0.15) is 19.0 Å². The smallest absolute Gasteiger partial charge is 0.428 e. The van der Waals surface area contributed by atoms with Gasteiger partial charge >= 0.3 is 17.2 Å². The van der Waals surface area contributed by atoms with Gasteiger partial charge in [0.25, 0.3) is 0 Å². The molecular weight excluding hydrogens is 1100 g/mol. The second kappa shape index (κ2) is 25.2. The van der Waals surface area contributed by atoms with Crippen LogP contribution in [0.25, 0.3) is 0 Å². The van der Waals surface area contributed by atoms with Gasteiger partial charge in [-0.05, 0) is 167 Å². The van der Waals surface area contributed by atoms with Crippen LogP contribution >= 0.6 is 0 Å². The number of hydrogen-bond donors (Lipinski definition) is 0. The number of alkyl halides is 2. The Morgan fingerprint density at radius 2 is 0.925 bits per heavy atom. The van der Waals surface area contributed by atoms with E-state index in [1.165, 1.54) is 40.5 Å². The zero-order valence-corrected chi connectivity index (χ0v) is 48.6. The van der Waals surface area contributed by atoms with Crippen LogP contribution < -0.4 is 0 Å². The number of rotatable bonds is 14. The number of carbonyl (C=O) groups excluding carboxylic acids is 3. The summed E-state index contributed by atoms with van der Waals surface area (Å²) in [6.45, 7) is 6.91. The predicted octanol–water partition coefficient (Wildman–Crippen LogP) is 12.5. The van der Waals surface area contributed by atoms with Gasteiger partial charge in [0, 0.05) is 11.8 Å². The van der Waals surface area contributed by atoms with Crippen LogP contribution in [-0.2, 0) is 65.9 Å². The summed E-state index contributed by atoms with van der Waals surface area (Å²) in [6.07, 6.45) is 7.61. The second-order valence-electron chi connectivity index (χ2n) is 22.3. The van der Waals surface area contributed by atoms with E-state index in [9.17, 15) is 49.1 Å². The molecule has 11 nitrogen and oxygen atoms in total. The van der Waals surface area contributed by atoms with Crippen molar-refractivity contribution in [1.29, 1.82) is 0 Å². The summed E-state index contributed by atoms with van der Waals surface area (Å²) in [7, 11) is -10.5. The molecule has 0 N–H and O–H groups in total. The van der Waals surface area contributed by atoms with Gasteiger partial charge in [0.05, 0.1) is 43.1 Å². The highest BCUT2D eigenvalue weighted by atomic mass is 32.2. The second-order valence-corrected chi connectivity index (χ2v) is 29.2. The van der Waals surface area contributed by atoms with E-state index in [4.69, 9.17) is 4.74 Å². The van der Waals surface area contributed by atoms with Gasteiger partial charge in [-0.15, -0.1) is 0 Å². The molecule has 6 aromatic carbocycles. The summed E-state index contributed by atoms with van der Waals surface area (Å²) < 4.78 is 98.6. The minimum absolute atomic E-state index is 0.0229. The first-order valence-electron chi connectivity index (χ1n) is 26.9. The molecule has 0 aliphatic heterocycles. The van der Waals surface area contributed by atoms with Crippen LogP contribution in [0.2, 0.25) is 0 Å². The summed E-state index contributed by atoms with van der Waals surface area (Å²) in [5.74, 6) is -1.58. The molecule has 17 heteroatoms. The van der Waals surface area contributed by atoms with E-state index in [0.717, 1.165) is 44.9 Å². The normalized spacial score (nSPS) is 23.2. The van der Waals surface area contributed by atoms with E-state index >= 15 is 0 Å². The number of hydrogen-bond acceptors (Lipinski definition) is 11. The van der Waals surface area contributed by atoms with Crippen LogP contribution in [0, 0.1) is 53.8 Å². The number of fused-ring (bicyclic) bond motifs is 2. The van der Waals surface area contributed by atoms with Crippen molar-refractivity contribution in [1.82, 2.24) is 0 Å². The number of halogens is 2. The minimum atomic E-state index is -6.15. The maximum Gasteiger partial charge on any atom is 0.428 e. The third kappa shape index (κ3) is 14.0. The van der Waals surface area contributed by atoms with Crippen LogP contribution in [0.1, 0.15) is 82.8 Å². The van der Waals surface area contributed by atoms with E-state index < -0.39 is 67.2 Å². The van der Waals surface area contributed by atoms with Crippen LogP contribution in [0.15, 0.2) is 199 Å². The van der Waals surface area contributed by atoms with Gasteiger partial charge in [-0.2, -0.15) is 8.78 Å². The lowest BCUT2D eigenvalue weighted by Crippen LogP contribution is -2.50. The molecule has 0 aromatic heterocycles. The molecule has 6 aromatic rings. The predicted molar refractivity (Wildman–Crippen MR) is 303 cm³/mol. The average molecular weight is 1170 g/mol. The molecule has 2 unspecified atom stereocenters. The van der Waals surface area contributed by atoms with Gasteiger partial charge < -0.3 is 18.6 Å². The average Bonchev–Trinajstić information content (AvgIpc) is 3.98. The molecule has 0 amide bonds. The first-order chi connectivity index (χ1) is 37.9. The van der Waals surface area contributed by atoms with Crippen LogP contribution in [0.5, 0.6) is 0 Å². The van der Waals surface area contributed by atoms with Crippen molar-refractivity contribution in [2.24, 2.45) is 39.9 Å². The molecule has 0 spiro atoms. The largest absolute Gasteiger partial charge is 0.748 e. The molecule has 12 rings (SSSR count). The van der Waals surface area contributed by atoms with Gasteiger partial charge in [0.15, 0.2) is 39.5 Å². The number of Topliss-reactive ketones (excluding diaryl/α,β-unsaturated/α-hetero) is 1. The lowest BCUT2D eigenvalue weighted by molar-refractivity contribution is -0.176. The number of ketones is 1. The van der Waals surface area contributed by atoms with E-state index in [0.29, 0.717) is 30.6 Å². The Bertz CT molecular complexity index is 3060. The Balaban J connectivity index is 0.000000142. The van der Waals surface area contributed by atoms with E-state index in [1.54, 1.807) is 0 Å². The van der Waals surface area contributed by atoms with Crippen LogP contribution in [-0.4, -0.2) is 67.9 Å². The molecule has 6 saturated carbocycles. The highest BCUT2D eigenvalue weighted by Crippen LogP contribution is 2.64. The van der Waals surface area contributed by atoms with Crippen molar-refractivity contribution in [2.75, 3.05) is 19.0 Å². The molecule has 6 aliphatic carbocycles. The highest BCUT2D eigenvalue weighted by molar-refractivity contribution is 7.97. The topological polar surface area (TPSA) is 184 Å². The fraction of sp³-hybridized carbons (Fsp3) is 0.381. The quantitative estimate of drug-likeness (QED) is 0.0437. The van der Waals surface area contributed by atoms with Gasteiger partial charge in [0.2, 0.25) is 0 Å². The summed E-state index contributed by atoms with van der Waals surface area (Å²) in [5, 5.41) is -5.16. The summed E-state index contributed by atoms with van der Waals surface area (Å²) in [6, 6.07) is 60.8. The number of benzene rings is 6. The fourth-order valence-electron chi connectivity index (χ4n) is 12.8. The Hall–Kier alpha value is -5.69. The van der Waals surface area contributed by atoms with Crippen molar-refractivity contribution in [3.05, 3.63) is 181 Å². The van der Waals surface area contributed by atoms with Gasteiger partial charge in [-0.3, -0.25) is 9.59 Å². The van der Waals surface area contributed by atoms with E-state index in [1.807, 2.05) is 13.8 Å². The summed E-state index contributed by atoms with van der Waals surface area (Å²) in [5.41, 5.74) is 0.859. The first-order valence-corrected chi connectivity index (χ1v) is 32.3. The SMILES string of the molecule is CC1(C)C2CCC1(CS(=O)(=O)[O-])C(=O)C2.Cc1ccc([S+](c2ccccc2)c2ccccc2)cc1.Cc1ccc([S+](c2ccccc2)c2ccccc2)cc1.O=C(OCCOC(=O)C(F)(F)S(=O)(=O)[O-])C12CC3CC(CC(C3)C1)C2. The van der Waals surface area contributed by atoms with Crippen molar-refractivity contribution in [3.63, 3.8) is 0 Å². The van der Waals surface area contributed by atoms with E-state index in [2.05, 4.69) is 188 Å². The van der Waals surface area contributed by atoms with E-state index in [-0.39, 0.29) is 38.9 Å². The van der Waals surface area contributed by atoms with Gasteiger partial charge in [-0.25, -0.2) is 21.6 Å². The Kier molecular flexibility index (Phi) is 19.0. The summed E-state index contributed by atoms with van der Waals surface area (Å²) in [4.78, 5) is 43.5. The van der Waals surface area contributed by atoms with Crippen molar-refractivity contribution in [3.8, 4) is 0 Å². The zero-order chi connectivity index (χ0) is 57.5. The molecule has 6 aliphatic rings. The van der Waals surface area contributed by atoms with Crippen LogP contribution in [0.4, 0.5) is 8.78 Å². The zero-order valence-electron chi connectivity index (χ0n) is 45.3. The number of esters is 2. The monoisotopic (exact) mass is 1170 g/mol. The van der Waals surface area contributed by atoms with Crippen molar-refractivity contribution >= 4 is 59.7 Å².